The third kappa shape index (κ3) is 3.68. The molecule has 0 fully saturated rings. The van der Waals surface area contributed by atoms with Crippen molar-refractivity contribution in [3.8, 4) is 22.3 Å². The zero-order valence-electron chi connectivity index (χ0n) is 23.1. The lowest BCUT2D eigenvalue weighted by Gasteiger charge is -2.25. The highest BCUT2D eigenvalue weighted by molar-refractivity contribution is 7.26. The zero-order chi connectivity index (χ0) is 27.6. The van der Waals surface area contributed by atoms with Crippen LogP contribution in [-0.4, -0.2) is 0 Å². The molecule has 6 aromatic carbocycles. The maximum Gasteiger partial charge on any atom is 0.0476 e. The summed E-state index contributed by atoms with van der Waals surface area (Å²) in [5.74, 6) is 0. The van der Waals surface area contributed by atoms with Crippen LogP contribution in [0.5, 0.6) is 0 Å². The summed E-state index contributed by atoms with van der Waals surface area (Å²) in [5, 5.41) is 2.68. The van der Waals surface area contributed by atoms with E-state index in [1.54, 1.807) is 0 Å². The highest BCUT2D eigenvalue weighted by Gasteiger charge is 2.38. The fourth-order valence-corrected chi connectivity index (χ4v) is 7.91. The van der Waals surface area contributed by atoms with Gasteiger partial charge < -0.3 is 4.90 Å². The molecule has 196 valence electrons. The van der Waals surface area contributed by atoms with E-state index in [1.807, 2.05) is 11.3 Å². The lowest BCUT2D eigenvalue weighted by atomic mass is 9.81. The first-order valence-corrected chi connectivity index (χ1v) is 15.0. The number of fused-ring (bicyclic) bond motifs is 6. The fraction of sp³-hybridized carbons (Fsp3) is 0.0769. The van der Waals surface area contributed by atoms with Crippen LogP contribution < -0.4 is 4.90 Å². The SMILES string of the molecule is CC1(C)c2ccccc2-c2c1cc1sc3cc(N(c4ccccc4)c4ccccc4)ccc3c1c2-c1ccccc1. The van der Waals surface area contributed by atoms with E-state index in [-0.39, 0.29) is 5.41 Å². The van der Waals surface area contributed by atoms with Crippen molar-refractivity contribution >= 4 is 48.6 Å². The van der Waals surface area contributed by atoms with E-state index in [0.717, 1.165) is 11.4 Å². The van der Waals surface area contributed by atoms with Gasteiger partial charge >= 0.3 is 0 Å². The minimum Gasteiger partial charge on any atom is -0.310 e. The Kier molecular flexibility index (Phi) is 5.42. The van der Waals surface area contributed by atoms with Crippen molar-refractivity contribution in [3.05, 3.63) is 151 Å². The molecule has 0 atom stereocenters. The molecule has 0 unspecified atom stereocenters. The molecule has 1 aromatic heterocycles. The molecule has 0 radical (unpaired) electrons. The van der Waals surface area contributed by atoms with E-state index < -0.39 is 0 Å². The Bertz CT molecular complexity index is 2010. The molecular formula is C39H29NS. The summed E-state index contributed by atoms with van der Waals surface area (Å²) < 4.78 is 2.66. The number of rotatable bonds is 4. The van der Waals surface area contributed by atoms with Gasteiger partial charge in [0.2, 0.25) is 0 Å². The molecule has 0 N–H and O–H groups in total. The van der Waals surface area contributed by atoms with Gasteiger partial charge in [-0.2, -0.15) is 0 Å². The molecule has 0 saturated carbocycles. The van der Waals surface area contributed by atoms with Gasteiger partial charge in [0.25, 0.3) is 0 Å². The Morgan fingerprint density at radius 2 is 1.12 bits per heavy atom. The monoisotopic (exact) mass is 543 g/mol. The average Bonchev–Trinajstić information content (AvgIpc) is 3.49. The number of nitrogens with zero attached hydrogens (tertiary/aromatic N) is 1. The van der Waals surface area contributed by atoms with Crippen LogP contribution >= 0.6 is 11.3 Å². The van der Waals surface area contributed by atoms with Crippen LogP contribution in [0.2, 0.25) is 0 Å². The predicted octanol–water partition coefficient (Wildman–Crippen LogP) is 11.5. The van der Waals surface area contributed by atoms with Gasteiger partial charge in [-0.15, -0.1) is 11.3 Å². The first kappa shape index (κ1) is 24.2. The van der Waals surface area contributed by atoms with Crippen molar-refractivity contribution < 1.29 is 0 Å². The molecule has 8 rings (SSSR count). The van der Waals surface area contributed by atoms with Crippen molar-refractivity contribution in [2.75, 3.05) is 4.90 Å². The molecule has 0 aliphatic heterocycles. The van der Waals surface area contributed by atoms with Crippen LogP contribution in [0.15, 0.2) is 140 Å². The Morgan fingerprint density at radius 1 is 0.512 bits per heavy atom. The molecule has 1 aliphatic rings. The molecule has 0 spiro atoms. The van der Waals surface area contributed by atoms with Crippen LogP contribution in [0.25, 0.3) is 42.4 Å². The minimum absolute atomic E-state index is 0.0532. The first-order chi connectivity index (χ1) is 20.1. The lowest BCUT2D eigenvalue weighted by Crippen LogP contribution is -2.14. The summed E-state index contributed by atoms with van der Waals surface area (Å²) in [7, 11) is 0. The second-order valence-electron chi connectivity index (χ2n) is 11.4. The number of para-hydroxylation sites is 2. The van der Waals surface area contributed by atoms with E-state index >= 15 is 0 Å². The van der Waals surface area contributed by atoms with Crippen LogP contribution in [0.3, 0.4) is 0 Å². The van der Waals surface area contributed by atoms with E-state index in [4.69, 9.17) is 0 Å². The van der Waals surface area contributed by atoms with E-state index in [0.29, 0.717) is 0 Å². The average molecular weight is 544 g/mol. The molecule has 1 heterocycles. The largest absolute Gasteiger partial charge is 0.310 e. The van der Waals surface area contributed by atoms with Gasteiger partial charge in [-0.3, -0.25) is 0 Å². The van der Waals surface area contributed by atoms with Crippen molar-refractivity contribution in [2.24, 2.45) is 0 Å². The standard InChI is InChI=1S/C39H29NS/c1-39(2)32-21-13-12-20-30(32)37-33(39)25-35-38(36(37)26-14-6-3-7-15-26)31-23-22-29(24-34(31)41-35)40(27-16-8-4-9-17-27)28-18-10-5-11-19-28/h3-25H,1-2H3. The van der Waals surface area contributed by atoms with Gasteiger partial charge in [0.15, 0.2) is 0 Å². The molecule has 2 heteroatoms. The van der Waals surface area contributed by atoms with Crippen LogP contribution in [0.1, 0.15) is 25.0 Å². The summed E-state index contributed by atoms with van der Waals surface area (Å²) >= 11 is 1.91. The Labute approximate surface area is 245 Å². The van der Waals surface area contributed by atoms with Crippen LogP contribution in [0.4, 0.5) is 17.1 Å². The second-order valence-corrected chi connectivity index (χ2v) is 12.5. The molecule has 41 heavy (non-hydrogen) atoms. The maximum absolute atomic E-state index is 2.48. The highest BCUT2D eigenvalue weighted by Crippen LogP contribution is 2.56. The number of benzene rings is 6. The number of thiophene rings is 1. The molecule has 1 aliphatic carbocycles. The van der Waals surface area contributed by atoms with Crippen molar-refractivity contribution in [1.82, 2.24) is 0 Å². The quantitative estimate of drug-likeness (QED) is 0.213. The van der Waals surface area contributed by atoms with Crippen LogP contribution in [0, 0.1) is 0 Å². The number of hydrogen-bond acceptors (Lipinski definition) is 2. The van der Waals surface area contributed by atoms with Gasteiger partial charge in [-0.1, -0.05) is 111 Å². The molecule has 0 saturated heterocycles. The Balaban J connectivity index is 1.42. The van der Waals surface area contributed by atoms with E-state index in [1.165, 1.54) is 59.2 Å². The van der Waals surface area contributed by atoms with Crippen molar-refractivity contribution in [2.45, 2.75) is 19.3 Å². The molecule has 0 amide bonds. The summed E-state index contributed by atoms with van der Waals surface area (Å²) in [6.07, 6.45) is 0. The normalized spacial score (nSPS) is 13.3. The Morgan fingerprint density at radius 3 is 1.80 bits per heavy atom. The van der Waals surface area contributed by atoms with Crippen molar-refractivity contribution in [3.63, 3.8) is 0 Å². The van der Waals surface area contributed by atoms with Gasteiger partial charge in [-0.25, -0.2) is 0 Å². The van der Waals surface area contributed by atoms with E-state index in [9.17, 15) is 0 Å². The molecule has 7 aromatic rings. The van der Waals surface area contributed by atoms with Gasteiger partial charge in [-0.05, 0) is 75.8 Å². The molecule has 0 bridgehead atoms. The summed E-state index contributed by atoms with van der Waals surface area (Å²) in [5.41, 5.74) is 11.7. The van der Waals surface area contributed by atoms with E-state index in [2.05, 4.69) is 158 Å². The smallest absolute Gasteiger partial charge is 0.0476 e. The predicted molar refractivity (Wildman–Crippen MR) is 177 cm³/mol. The summed E-state index contributed by atoms with van der Waals surface area (Å²) in [6, 6.07) is 50.7. The van der Waals surface area contributed by atoms with Gasteiger partial charge in [0.05, 0.1) is 0 Å². The first-order valence-electron chi connectivity index (χ1n) is 14.2. The summed E-state index contributed by atoms with van der Waals surface area (Å²) in [4.78, 5) is 2.35. The van der Waals surface area contributed by atoms with Crippen LogP contribution in [-0.2, 0) is 5.41 Å². The third-order valence-electron chi connectivity index (χ3n) is 8.64. The summed E-state index contributed by atoms with van der Waals surface area (Å²) in [6.45, 7) is 4.75. The molecular weight excluding hydrogens is 515 g/mol. The lowest BCUT2D eigenvalue weighted by molar-refractivity contribution is 0.661. The highest BCUT2D eigenvalue weighted by atomic mass is 32.1. The Hall–Kier alpha value is -4.66. The third-order valence-corrected chi connectivity index (χ3v) is 9.74. The number of anilines is 3. The zero-order valence-corrected chi connectivity index (χ0v) is 24.0. The van der Waals surface area contributed by atoms with Crippen molar-refractivity contribution in [1.29, 1.82) is 0 Å². The maximum atomic E-state index is 2.48. The topological polar surface area (TPSA) is 3.24 Å². The number of hydrogen-bond donors (Lipinski definition) is 0. The van der Waals surface area contributed by atoms with Gasteiger partial charge in [0, 0.05) is 42.6 Å². The molecule has 1 nitrogen and oxygen atoms in total. The van der Waals surface area contributed by atoms with Gasteiger partial charge in [0.1, 0.15) is 0 Å². The second kappa shape index (κ2) is 9.19. The fourth-order valence-electron chi connectivity index (χ4n) is 6.72. The minimum atomic E-state index is -0.0532.